The highest BCUT2D eigenvalue weighted by molar-refractivity contribution is 5.95. The Hall–Kier alpha value is -1.92. The molecule has 0 aliphatic heterocycles. The fourth-order valence-corrected chi connectivity index (χ4v) is 1.11. The van der Waals surface area contributed by atoms with E-state index in [1.807, 2.05) is 0 Å². The summed E-state index contributed by atoms with van der Waals surface area (Å²) < 4.78 is 1.46. The average Bonchev–Trinajstić information content (AvgIpc) is 2.56. The molecule has 1 unspecified atom stereocenters. The third-order valence-corrected chi connectivity index (χ3v) is 2.57. The number of aromatic nitrogens is 3. The number of carbonyl (C=O) groups is 2. The third-order valence-electron chi connectivity index (χ3n) is 2.57. The van der Waals surface area contributed by atoms with Crippen LogP contribution < -0.4 is 0 Å². The van der Waals surface area contributed by atoms with Gasteiger partial charge in [0.05, 0.1) is 5.69 Å². The van der Waals surface area contributed by atoms with Crippen molar-refractivity contribution in [2.24, 2.45) is 7.05 Å². The highest BCUT2D eigenvalue weighted by Gasteiger charge is 2.26. The molecule has 0 aliphatic carbocycles. The molecule has 88 valence electrons. The molecular weight excluding hydrogens is 212 g/mol. The zero-order chi connectivity index (χ0) is 12.5. The van der Waals surface area contributed by atoms with Gasteiger partial charge in [-0.1, -0.05) is 5.21 Å². The Morgan fingerprint density at radius 3 is 2.44 bits per heavy atom. The minimum atomic E-state index is -1.06. The molecule has 1 atom stereocenters. The number of amides is 1. The van der Waals surface area contributed by atoms with Gasteiger partial charge in [-0.05, 0) is 13.8 Å². The predicted octanol–water partition coefficient (Wildman–Crippen LogP) is -0.331. The molecule has 0 aromatic carbocycles. The summed E-state index contributed by atoms with van der Waals surface area (Å²) >= 11 is 0. The van der Waals surface area contributed by atoms with Gasteiger partial charge in [0.25, 0.3) is 5.91 Å². The van der Waals surface area contributed by atoms with Crippen molar-refractivity contribution < 1.29 is 14.7 Å². The van der Waals surface area contributed by atoms with Gasteiger partial charge in [-0.3, -0.25) is 9.48 Å². The van der Waals surface area contributed by atoms with Crippen LogP contribution in [0.25, 0.3) is 0 Å². The van der Waals surface area contributed by atoms with Crippen LogP contribution in [0, 0.1) is 6.92 Å². The Bertz CT molecular complexity index is 426. The maximum Gasteiger partial charge on any atom is 0.326 e. The second-order valence-electron chi connectivity index (χ2n) is 3.58. The van der Waals surface area contributed by atoms with Gasteiger partial charge in [-0.2, -0.15) is 0 Å². The number of nitrogens with zero attached hydrogens (tertiary/aromatic N) is 4. The smallest absolute Gasteiger partial charge is 0.326 e. The lowest BCUT2D eigenvalue weighted by molar-refractivity contribution is -0.141. The minimum absolute atomic E-state index is 0.179. The number of aryl methyl sites for hydroxylation is 1. The number of aliphatic carboxylic acids is 1. The molecule has 1 heterocycles. The predicted molar refractivity (Wildman–Crippen MR) is 54.9 cm³/mol. The zero-order valence-electron chi connectivity index (χ0n) is 9.63. The summed E-state index contributed by atoms with van der Waals surface area (Å²) in [5.41, 5.74) is 0.785. The van der Waals surface area contributed by atoms with Crippen molar-refractivity contribution in [1.29, 1.82) is 0 Å². The first-order valence-electron chi connectivity index (χ1n) is 4.72. The molecule has 7 nitrogen and oxygen atoms in total. The van der Waals surface area contributed by atoms with Crippen LogP contribution in [0.3, 0.4) is 0 Å². The summed E-state index contributed by atoms with van der Waals surface area (Å²) in [6.07, 6.45) is 0. The number of rotatable bonds is 3. The Labute approximate surface area is 92.7 Å². The van der Waals surface area contributed by atoms with E-state index in [4.69, 9.17) is 5.11 Å². The van der Waals surface area contributed by atoms with Crippen molar-refractivity contribution in [2.75, 3.05) is 7.05 Å². The molecular formula is C9H14N4O3. The Morgan fingerprint density at radius 1 is 1.50 bits per heavy atom. The topological polar surface area (TPSA) is 88.3 Å². The van der Waals surface area contributed by atoms with E-state index < -0.39 is 17.9 Å². The maximum absolute atomic E-state index is 11.9. The summed E-state index contributed by atoms with van der Waals surface area (Å²) in [6.45, 7) is 3.14. The molecule has 7 heteroatoms. The average molecular weight is 226 g/mol. The molecule has 0 saturated carbocycles. The van der Waals surface area contributed by atoms with Crippen molar-refractivity contribution in [3.05, 3.63) is 11.4 Å². The van der Waals surface area contributed by atoms with Crippen LogP contribution in [-0.4, -0.2) is 50.0 Å². The summed E-state index contributed by atoms with van der Waals surface area (Å²) in [5, 5.41) is 16.2. The zero-order valence-corrected chi connectivity index (χ0v) is 9.63. The standard InChI is InChI=1S/C9H14N4O3/c1-5-7(10-11-13(5)4)8(14)12(3)6(2)9(15)16/h6H,1-4H3,(H,15,16). The van der Waals surface area contributed by atoms with Gasteiger partial charge < -0.3 is 10.0 Å². The number of hydrogen-bond acceptors (Lipinski definition) is 4. The van der Waals surface area contributed by atoms with Gasteiger partial charge in [-0.15, -0.1) is 5.10 Å². The molecule has 1 amide bonds. The Kier molecular flexibility index (Phi) is 3.26. The van der Waals surface area contributed by atoms with Crippen molar-refractivity contribution in [1.82, 2.24) is 19.9 Å². The van der Waals surface area contributed by atoms with E-state index >= 15 is 0 Å². The fraction of sp³-hybridized carbons (Fsp3) is 0.556. The summed E-state index contributed by atoms with van der Waals surface area (Å²) in [6, 6.07) is -0.895. The number of likely N-dealkylation sites (N-methyl/N-ethyl adjacent to an activating group) is 1. The molecule has 1 N–H and O–H groups in total. The summed E-state index contributed by atoms with van der Waals surface area (Å²) in [7, 11) is 3.09. The van der Waals surface area contributed by atoms with Gasteiger partial charge in [0.2, 0.25) is 0 Å². The second kappa shape index (κ2) is 4.30. The van der Waals surface area contributed by atoms with Crippen molar-refractivity contribution in [2.45, 2.75) is 19.9 Å². The molecule has 0 radical (unpaired) electrons. The van der Waals surface area contributed by atoms with E-state index in [1.54, 1.807) is 14.0 Å². The van der Waals surface area contributed by atoms with E-state index in [1.165, 1.54) is 18.7 Å². The van der Waals surface area contributed by atoms with Crippen molar-refractivity contribution in [3.8, 4) is 0 Å². The number of carboxylic acid groups (broad SMARTS) is 1. The van der Waals surface area contributed by atoms with Crippen LogP contribution in [-0.2, 0) is 11.8 Å². The summed E-state index contributed by atoms with van der Waals surface area (Å²) in [4.78, 5) is 23.7. The van der Waals surface area contributed by atoms with E-state index in [2.05, 4.69) is 10.3 Å². The lowest BCUT2D eigenvalue weighted by atomic mass is 10.2. The molecule has 1 rings (SSSR count). The Balaban J connectivity index is 2.95. The van der Waals surface area contributed by atoms with Gasteiger partial charge in [0.1, 0.15) is 6.04 Å². The molecule has 0 fully saturated rings. The molecule has 1 aromatic rings. The monoisotopic (exact) mass is 226 g/mol. The van der Waals surface area contributed by atoms with Crippen molar-refractivity contribution in [3.63, 3.8) is 0 Å². The maximum atomic E-state index is 11.9. The van der Waals surface area contributed by atoms with Crippen LogP contribution in [0.1, 0.15) is 23.1 Å². The summed E-state index contributed by atoms with van der Waals surface area (Å²) in [5.74, 6) is -1.50. The quantitative estimate of drug-likeness (QED) is 0.762. The molecule has 1 aromatic heterocycles. The molecule has 0 spiro atoms. The molecule has 0 saturated heterocycles. The lowest BCUT2D eigenvalue weighted by Crippen LogP contribution is -2.40. The SMILES string of the molecule is Cc1c(C(=O)N(C)C(C)C(=O)O)nnn1C. The third kappa shape index (κ3) is 2.02. The normalized spacial score (nSPS) is 12.2. The van der Waals surface area contributed by atoms with Crippen LogP contribution in [0.4, 0.5) is 0 Å². The van der Waals surface area contributed by atoms with Gasteiger partial charge >= 0.3 is 5.97 Å². The van der Waals surface area contributed by atoms with Gasteiger partial charge in [0.15, 0.2) is 5.69 Å². The number of carboxylic acids is 1. The second-order valence-corrected chi connectivity index (χ2v) is 3.58. The minimum Gasteiger partial charge on any atom is -0.480 e. The Morgan fingerprint density at radius 2 is 2.06 bits per heavy atom. The molecule has 0 aliphatic rings. The van der Waals surface area contributed by atoms with Crippen LogP contribution in [0.2, 0.25) is 0 Å². The number of carbonyl (C=O) groups excluding carboxylic acids is 1. The lowest BCUT2D eigenvalue weighted by Gasteiger charge is -2.20. The first-order chi connectivity index (χ1) is 7.36. The van der Waals surface area contributed by atoms with Crippen LogP contribution in [0.5, 0.6) is 0 Å². The van der Waals surface area contributed by atoms with Crippen molar-refractivity contribution >= 4 is 11.9 Å². The van der Waals surface area contributed by atoms with Crippen LogP contribution in [0.15, 0.2) is 0 Å². The van der Waals surface area contributed by atoms with E-state index in [9.17, 15) is 9.59 Å². The highest BCUT2D eigenvalue weighted by Crippen LogP contribution is 2.08. The first kappa shape index (κ1) is 12.2. The molecule has 0 bridgehead atoms. The first-order valence-corrected chi connectivity index (χ1v) is 4.72. The molecule has 16 heavy (non-hydrogen) atoms. The van der Waals surface area contributed by atoms with E-state index in [0.717, 1.165) is 4.90 Å². The van der Waals surface area contributed by atoms with Crippen LogP contribution >= 0.6 is 0 Å². The highest BCUT2D eigenvalue weighted by atomic mass is 16.4. The largest absolute Gasteiger partial charge is 0.480 e. The fourth-order valence-electron chi connectivity index (χ4n) is 1.11. The van der Waals surface area contributed by atoms with Gasteiger partial charge in [0, 0.05) is 14.1 Å². The number of hydrogen-bond donors (Lipinski definition) is 1. The van der Waals surface area contributed by atoms with Gasteiger partial charge in [-0.25, -0.2) is 4.79 Å². The van der Waals surface area contributed by atoms with E-state index in [0.29, 0.717) is 5.69 Å². The van der Waals surface area contributed by atoms with E-state index in [-0.39, 0.29) is 5.69 Å².